The van der Waals surface area contributed by atoms with Crippen molar-refractivity contribution in [3.05, 3.63) is 37.0 Å². The van der Waals surface area contributed by atoms with Crippen molar-refractivity contribution in [2.45, 2.75) is 32.3 Å². The summed E-state index contributed by atoms with van der Waals surface area (Å²) in [6.45, 7) is 11.3. The summed E-state index contributed by atoms with van der Waals surface area (Å²) < 4.78 is 11.1. The second-order valence-corrected chi connectivity index (χ2v) is 3.14. The van der Waals surface area contributed by atoms with Gasteiger partial charge in [-0.3, -0.25) is 0 Å². The molecule has 0 N–H and O–H groups in total. The van der Waals surface area contributed by atoms with E-state index in [-0.39, 0.29) is 18.5 Å². The summed E-state index contributed by atoms with van der Waals surface area (Å²) in [5.74, 6) is 0. The van der Waals surface area contributed by atoms with Gasteiger partial charge in [0.2, 0.25) is 0 Å². The summed E-state index contributed by atoms with van der Waals surface area (Å²) in [4.78, 5) is 0. The maximum atomic E-state index is 5.59. The summed E-state index contributed by atoms with van der Waals surface area (Å²) in [6.07, 6.45) is 5.31. The first kappa shape index (κ1) is 10.2. The average Bonchev–Trinajstić information content (AvgIpc) is 2.48. The maximum absolute atomic E-state index is 5.59. The third kappa shape index (κ3) is 2.29. The second kappa shape index (κ2) is 4.40. The first-order valence-corrected chi connectivity index (χ1v) is 4.40. The Balaban J connectivity index is 2.66. The van der Waals surface area contributed by atoms with E-state index in [0.29, 0.717) is 0 Å². The normalized spacial score (nSPS) is 33.8. The molecule has 1 saturated heterocycles. The molecule has 2 nitrogen and oxygen atoms in total. The Bertz CT molecular complexity index is 230. The lowest BCUT2D eigenvalue weighted by molar-refractivity contribution is -0.0271. The fourth-order valence-corrected chi connectivity index (χ4v) is 1.24. The lowest BCUT2D eigenvalue weighted by Gasteiger charge is -2.07. The van der Waals surface area contributed by atoms with Crippen LogP contribution in [0.5, 0.6) is 0 Å². The van der Waals surface area contributed by atoms with Crippen LogP contribution in [0.1, 0.15) is 13.8 Å². The fourth-order valence-electron chi connectivity index (χ4n) is 1.24. The standard InChI is InChI=1S/C11H16O2/c1-5-7-10-9(6-2)12-11(13-10)8(3)4/h5-7,9-11H,2-3H2,1,4H3. The molecular formula is C11H16O2. The predicted octanol–water partition coefficient (Wildman–Crippen LogP) is 2.43. The highest BCUT2D eigenvalue weighted by Gasteiger charge is 2.32. The van der Waals surface area contributed by atoms with Crippen LogP contribution in [0.3, 0.4) is 0 Å². The van der Waals surface area contributed by atoms with Crippen molar-refractivity contribution in [1.82, 2.24) is 0 Å². The Morgan fingerprint density at radius 1 is 1.31 bits per heavy atom. The molecule has 1 aliphatic rings. The van der Waals surface area contributed by atoms with E-state index in [1.807, 2.05) is 26.0 Å². The summed E-state index contributed by atoms with van der Waals surface area (Å²) >= 11 is 0. The molecule has 1 aliphatic heterocycles. The van der Waals surface area contributed by atoms with Gasteiger partial charge in [-0.25, -0.2) is 0 Å². The highest BCUT2D eigenvalue weighted by atomic mass is 16.7. The Morgan fingerprint density at radius 3 is 2.38 bits per heavy atom. The molecule has 1 rings (SSSR count). The summed E-state index contributed by atoms with van der Waals surface area (Å²) in [7, 11) is 0. The minimum Gasteiger partial charge on any atom is -0.338 e. The molecule has 1 fully saturated rings. The number of ether oxygens (including phenoxy) is 2. The van der Waals surface area contributed by atoms with Crippen molar-refractivity contribution >= 4 is 0 Å². The van der Waals surface area contributed by atoms with E-state index in [1.165, 1.54) is 0 Å². The van der Waals surface area contributed by atoms with Crippen molar-refractivity contribution in [3.63, 3.8) is 0 Å². The molecule has 0 spiro atoms. The van der Waals surface area contributed by atoms with Crippen molar-refractivity contribution < 1.29 is 9.47 Å². The maximum Gasteiger partial charge on any atom is 0.180 e. The predicted molar refractivity (Wildman–Crippen MR) is 53.4 cm³/mol. The van der Waals surface area contributed by atoms with E-state index in [2.05, 4.69) is 13.2 Å². The van der Waals surface area contributed by atoms with Gasteiger partial charge in [0.05, 0.1) is 0 Å². The Morgan fingerprint density at radius 2 is 1.92 bits per heavy atom. The van der Waals surface area contributed by atoms with Gasteiger partial charge in [-0.2, -0.15) is 0 Å². The van der Waals surface area contributed by atoms with Crippen LogP contribution < -0.4 is 0 Å². The van der Waals surface area contributed by atoms with E-state index in [1.54, 1.807) is 6.08 Å². The minimum atomic E-state index is -0.288. The van der Waals surface area contributed by atoms with Gasteiger partial charge in [-0.1, -0.05) is 24.8 Å². The molecule has 0 aromatic rings. The van der Waals surface area contributed by atoms with Crippen molar-refractivity contribution in [2.75, 3.05) is 0 Å². The van der Waals surface area contributed by atoms with Gasteiger partial charge in [0.25, 0.3) is 0 Å². The molecule has 0 aromatic carbocycles. The molecular weight excluding hydrogens is 164 g/mol. The Kier molecular flexibility index (Phi) is 3.46. The third-order valence-electron chi connectivity index (χ3n) is 1.90. The molecule has 0 saturated carbocycles. The molecule has 0 aliphatic carbocycles. The van der Waals surface area contributed by atoms with Crippen molar-refractivity contribution in [3.8, 4) is 0 Å². The summed E-state index contributed by atoms with van der Waals surface area (Å²) in [5, 5.41) is 0. The topological polar surface area (TPSA) is 18.5 Å². The monoisotopic (exact) mass is 180 g/mol. The number of hydrogen-bond acceptors (Lipinski definition) is 2. The first-order valence-electron chi connectivity index (χ1n) is 4.40. The minimum absolute atomic E-state index is 0.0239. The van der Waals surface area contributed by atoms with Crippen molar-refractivity contribution in [1.29, 1.82) is 0 Å². The molecule has 1 heterocycles. The van der Waals surface area contributed by atoms with Gasteiger partial charge >= 0.3 is 0 Å². The van der Waals surface area contributed by atoms with E-state index in [9.17, 15) is 0 Å². The number of hydrogen-bond donors (Lipinski definition) is 0. The van der Waals surface area contributed by atoms with Crippen molar-refractivity contribution in [2.24, 2.45) is 0 Å². The van der Waals surface area contributed by atoms with Crippen LogP contribution in [0.15, 0.2) is 37.0 Å². The van der Waals surface area contributed by atoms with Gasteiger partial charge in [-0.05, 0) is 19.4 Å². The van der Waals surface area contributed by atoms with Gasteiger partial charge in [0.1, 0.15) is 12.2 Å². The number of rotatable bonds is 3. The van der Waals surface area contributed by atoms with E-state index < -0.39 is 0 Å². The SMILES string of the molecule is C=CC1OC(C(=C)C)OC1C=CC. The summed E-state index contributed by atoms with van der Waals surface area (Å²) in [5.41, 5.74) is 0.888. The van der Waals surface area contributed by atoms with E-state index in [0.717, 1.165) is 5.57 Å². The molecule has 0 radical (unpaired) electrons. The Hall–Kier alpha value is -0.860. The first-order chi connectivity index (χ1) is 6.19. The molecule has 13 heavy (non-hydrogen) atoms. The molecule has 0 amide bonds. The second-order valence-electron chi connectivity index (χ2n) is 3.14. The van der Waals surface area contributed by atoms with Crippen LogP contribution in [-0.2, 0) is 9.47 Å². The van der Waals surface area contributed by atoms with Gasteiger partial charge in [-0.15, -0.1) is 6.58 Å². The molecule has 3 atom stereocenters. The largest absolute Gasteiger partial charge is 0.338 e. The molecule has 2 heteroatoms. The van der Waals surface area contributed by atoms with Crippen LogP contribution >= 0.6 is 0 Å². The highest BCUT2D eigenvalue weighted by molar-refractivity contribution is 5.06. The van der Waals surface area contributed by atoms with Gasteiger partial charge in [0.15, 0.2) is 6.29 Å². The summed E-state index contributed by atoms with van der Waals surface area (Å²) in [6, 6.07) is 0. The third-order valence-corrected chi connectivity index (χ3v) is 1.90. The lowest BCUT2D eigenvalue weighted by atomic mass is 10.2. The van der Waals surface area contributed by atoms with Crippen LogP contribution in [-0.4, -0.2) is 18.5 Å². The van der Waals surface area contributed by atoms with Crippen LogP contribution in [0.4, 0.5) is 0 Å². The fraction of sp³-hybridized carbons (Fsp3) is 0.455. The van der Waals surface area contributed by atoms with E-state index in [4.69, 9.17) is 9.47 Å². The van der Waals surface area contributed by atoms with Gasteiger partial charge in [0, 0.05) is 0 Å². The Labute approximate surface area is 79.5 Å². The molecule has 0 aromatic heterocycles. The smallest absolute Gasteiger partial charge is 0.180 e. The molecule has 72 valence electrons. The zero-order chi connectivity index (χ0) is 9.84. The van der Waals surface area contributed by atoms with Crippen LogP contribution in [0.2, 0.25) is 0 Å². The van der Waals surface area contributed by atoms with Crippen LogP contribution in [0, 0.1) is 0 Å². The zero-order valence-corrected chi connectivity index (χ0v) is 8.19. The molecule has 3 unspecified atom stereocenters. The van der Waals surface area contributed by atoms with E-state index >= 15 is 0 Å². The average molecular weight is 180 g/mol. The lowest BCUT2D eigenvalue weighted by Crippen LogP contribution is -2.16. The van der Waals surface area contributed by atoms with Gasteiger partial charge < -0.3 is 9.47 Å². The molecule has 0 bridgehead atoms. The highest BCUT2D eigenvalue weighted by Crippen LogP contribution is 2.24. The zero-order valence-electron chi connectivity index (χ0n) is 8.19. The quantitative estimate of drug-likeness (QED) is 0.621. The number of allylic oxidation sites excluding steroid dienone is 1. The van der Waals surface area contributed by atoms with Crippen LogP contribution in [0.25, 0.3) is 0 Å².